The summed E-state index contributed by atoms with van der Waals surface area (Å²) in [6, 6.07) is 8.61. The molecule has 0 N–H and O–H groups in total. The monoisotopic (exact) mass is 336 g/mol. The number of rotatable bonds is 3. The molecule has 20 heavy (non-hydrogen) atoms. The lowest BCUT2D eigenvalue weighted by Gasteiger charge is -2.31. The van der Waals surface area contributed by atoms with Crippen LogP contribution in [0.5, 0.6) is 0 Å². The maximum atomic E-state index is 6.08. The highest BCUT2D eigenvalue weighted by atomic mass is 79.9. The van der Waals surface area contributed by atoms with E-state index in [9.17, 15) is 0 Å². The fourth-order valence-corrected chi connectivity index (χ4v) is 3.54. The highest BCUT2D eigenvalue weighted by Crippen LogP contribution is 2.41. The molecule has 1 aromatic rings. The Kier molecular flexibility index (Phi) is 4.29. The van der Waals surface area contributed by atoms with Crippen molar-refractivity contribution in [3.63, 3.8) is 0 Å². The van der Waals surface area contributed by atoms with Crippen LogP contribution in [0.15, 0.2) is 34.3 Å². The van der Waals surface area contributed by atoms with E-state index in [1.165, 1.54) is 16.7 Å². The molecule has 3 rings (SSSR count). The van der Waals surface area contributed by atoms with E-state index in [2.05, 4.69) is 54.0 Å². The van der Waals surface area contributed by atoms with Crippen molar-refractivity contribution in [1.29, 1.82) is 0 Å². The second-order valence-corrected chi connectivity index (χ2v) is 6.89. The van der Waals surface area contributed by atoms with Crippen molar-refractivity contribution in [2.75, 3.05) is 13.2 Å². The van der Waals surface area contributed by atoms with E-state index >= 15 is 0 Å². The highest BCUT2D eigenvalue weighted by Gasteiger charge is 2.34. The minimum atomic E-state index is 0.287. The summed E-state index contributed by atoms with van der Waals surface area (Å²) in [7, 11) is 0. The third kappa shape index (κ3) is 3.00. The average Bonchev–Trinajstić information content (AvgIpc) is 2.86. The van der Waals surface area contributed by atoms with Crippen LogP contribution in [0.2, 0.25) is 0 Å². The Labute approximate surface area is 129 Å². The number of benzene rings is 1. The molecule has 0 spiro atoms. The molecule has 0 amide bonds. The second kappa shape index (κ2) is 6.00. The predicted molar refractivity (Wildman–Crippen MR) is 84.6 cm³/mol. The Morgan fingerprint density at radius 3 is 2.70 bits per heavy atom. The summed E-state index contributed by atoms with van der Waals surface area (Å²) in [6.45, 7) is 5.88. The zero-order valence-corrected chi connectivity index (χ0v) is 13.7. The molecular formula is C17H21BrO2. The molecular weight excluding hydrogens is 316 g/mol. The molecule has 3 heteroatoms. The van der Waals surface area contributed by atoms with Crippen molar-refractivity contribution >= 4 is 21.5 Å². The van der Waals surface area contributed by atoms with Crippen LogP contribution in [0, 0.1) is 5.92 Å². The van der Waals surface area contributed by atoms with Gasteiger partial charge in [0.2, 0.25) is 0 Å². The minimum Gasteiger partial charge on any atom is -0.376 e. The van der Waals surface area contributed by atoms with E-state index in [1.54, 1.807) is 0 Å². The van der Waals surface area contributed by atoms with E-state index < -0.39 is 0 Å². The second-order valence-electron chi connectivity index (χ2n) is 5.97. The third-order valence-electron chi connectivity index (χ3n) is 4.09. The van der Waals surface area contributed by atoms with E-state index in [-0.39, 0.29) is 6.10 Å². The molecule has 1 fully saturated rings. The topological polar surface area (TPSA) is 18.5 Å². The van der Waals surface area contributed by atoms with Crippen molar-refractivity contribution in [3.8, 4) is 0 Å². The largest absolute Gasteiger partial charge is 0.376 e. The molecule has 0 saturated carbocycles. The standard InChI is InChI=1S/C17H21BrO2/c1-11(2)20-15-7-13-9-19-10-17(13)16(8-15)12-3-5-14(18)6-4-12/h3-6,11,13,15H,7-10H2,1-2H3. The van der Waals surface area contributed by atoms with Gasteiger partial charge in [0.1, 0.15) is 0 Å². The van der Waals surface area contributed by atoms with Crippen molar-refractivity contribution in [2.45, 2.75) is 38.9 Å². The van der Waals surface area contributed by atoms with Gasteiger partial charge in [0, 0.05) is 10.4 Å². The number of hydrogen-bond acceptors (Lipinski definition) is 2. The van der Waals surface area contributed by atoms with Crippen LogP contribution < -0.4 is 0 Å². The first-order valence-electron chi connectivity index (χ1n) is 7.34. The summed E-state index contributed by atoms with van der Waals surface area (Å²) in [5.41, 5.74) is 4.25. The molecule has 0 radical (unpaired) electrons. The lowest BCUT2D eigenvalue weighted by atomic mass is 9.80. The summed E-state index contributed by atoms with van der Waals surface area (Å²) in [4.78, 5) is 0. The Hall–Kier alpha value is -0.640. The van der Waals surface area contributed by atoms with E-state index in [0.29, 0.717) is 12.0 Å². The fourth-order valence-electron chi connectivity index (χ4n) is 3.28. The van der Waals surface area contributed by atoms with Gasteiger partial charge in [0.15, 0.2) is 0 Å². The molecule has 1 aliphatic carbocycles. The molecule has 2 atom stereocenters. The predicted octanol–water partition coefficient (Wildman–Crippen LogP) is 4.44. The average molecular weight is 337 g/mol. The van der Waals surface area contributed by atoms with Crippen molar-refractivity contribution < 1.29 is 9.47 Å². The molecule has 2 nitrogen and oxygen atoms in total. The third-order valence-corrected chi connectivity index (χ3v) is 4.62. The lowest BCUT2D eigenvalue weighted by Crippen LogP contribution is -2.27. The van der Waals surface area contributed by atoms with Crippen molar-refractivity contribution in [1.82, 2.24) is 0 Å². The Morgan fingerprint density at radius 2 is 2.00 bits per heavy atom. The first-order chi connectivity index (χ1) is 9.63. The fraction of sp³-hybridized carbons (Fsp3) is 0.529. The quantitative estimate of drug-likeness (QED) is 0.812. The van der Waals surface area contributed by atoms with Gasteiger partial charge in [-0.1, -0.05) is 28.1 Å². The zero-order chi connectivity index (χ0) is 14.1. The first kappa shape index (κ1) is 14.3. The summed E-state index contributed by atoms with van der Waals surface area (Å²) in [6.07, 6.45) is 2.72. The number of fused-ring (bicyclic) bond motifs is 1. The summed E-state index contributed by atoms with van der Waals surface area (Å²) in [5.74, 6) is 0.547. The van der Waals surface area contributed by atoms with Crippen LogP contribution in [0.3, 0.4) is 0 Å². The highest BCUT2D eigenvalue weighted by molar-refractivity contribution is 9.10. The van der Waals surface area contributed by atoms with Gasteiger partial charge in [-0.05, 0) is 55.5 Å². The summed E-state index contributed by atoms with van der Waals surface area (Å²) in [5, 5.41) is 0. The Bertz CT molecular complexity index is 504. The minimum absolute atomic E-state index is 0.287. The number of halogens is 1. The van der Waals surface area contributed by atoms with Crippen LogP contribution in [0.1, 0.15) is 32.3 Å². The normalized spacial score (nSPS) is 26.2. The Balaban J connectivity index is 1.90. The summed E-state index contributed by atoms with van der Waals surface area (Å²) >= 11 is 3.51. The Morgan fingerprint density at radius 1 is 1.25 bits per heavy atom. The SMILES string of the molecule is CC(C)OC1CC(c2ccc(Br)cc2)=C2COCC2C1. The maximum absolute atomic E-state index is 6.08. The van der Waals surface area contributed by atoms with Gasteiger partial charge in [0.05, 0.1) is 25.4 Å². The molecule has 0 bridgehead atoms. The molecule has 2 unspecified atom stereocenters. The van der Waals surface area contributed by atoms with E-state index in [1.807, 2.05) is 0 Å². The van der Waals surface area contributed by atoms with Gasteiger partial charge < -0.3 is 9.47 Å². The van der Waals surface area contributed by atoms with Crippen LogP contribution in [0.25, 0.3) is 5.57 Å². The van der Waals surface area contributed by atoms with Crippen molar-refractivity contribution in [2.24, 2.45) is 5.92 Å². The smallest absolute Gasteiger partial charge is 0.0686 e. The van der Waals surface area contributed by atoms with Crippen LogP contribution in [-0.4, -0.2) is 25.4 Å². The van der Waals surface area contributed by atoms with Gasteiger partial charge >= 0.3 is 0 Å². The van der Waals surface area contributed by atoms with Crippen LogP contribution >= 0.6 is 15.9 Å². The molecule has 1 aliphatic heterocycles. The van der Waals surface area contributed by atoms with Gasteiger partial charge in [-0.15, -0.1) is 0 Å². The summed E-state index contributed by atoms with van der Waals surface area (Å²) < 4.78 is 12.9. The molecule has 1 aromatic carbocycles. The van der Waals surface area contributed by atoms with Gasteiger partial charge in [-0.2, -0.15) is 0 Å². The zero-order valence-electron chi connectivity index (χ0n) is 12.1. The number of ether oxygens (including phenoxy) is 2. The molecule has 0 aromatic heterocycles. The molecule has 2 aliphatic rings. The molecule has 1 saturated heterocycles. The van der Waals surface area contributed by atoms with Gasteiger partial charge in [-0.25, -0.2) is 0 Å². The first-order valence-corrected chi connectivity index (χ1v) is 8.14. The van der Waals surface area contributed by atoms with E-state index in [0.717, 1.165) is 30.5 Å². The molecule has 108 valence electrons. The number of hydrogen-bond donors (Lipinski definition) is 0. The lowest BCUT2D eigenvalue weighted by molar-refractivity contribution is -0.00388. The maximum Gasteiger partial charge on any atom is 0.0686 e. The van der Waals surface area contributed by atoms with Crippen LogP contribution in [0.4, 0.5) is 0 Å². The van der Waals surface area contributed by atoms with Crippen LogP contribution in [-0.2, 0) is 9.47 Å². The van der Waals surface area contributed by atoms with E-state index in [4.69, 9.17) is 9.47 Å². The van der Waals surface area contributed by atoms with Gasteiger partial charge in [0.25, 0.3) is 0 Å². The molecule has 1 heterocycles. The van der Waals surface area contributed by atoms with Gasteiger partial charge in [-0.3, -0.25) is 0 Å². The van der Waals surface area contributed by atoms with Crippen molar-refractivity contribution in [3.05, 3.63) is 39.9 Å².